The fourth-order valence-electron chi connectivity index (χ4n) is 7.46. The molecule has 0 bridgehead atoms. The first kappa shape index (κ1) is 59.4. The SMILES string of the molecule is C=C(CSCC)CSCCOP1(OC2CSCC(=C)CSC2)=NP(CC2CSCC(=C)CSC2)(OC2CSCC(=C)CSC2)=NP(CC2CSCC(=C)CSC2)(OC2CSCC(=C)CSC2)=N1. The first-order chi connectivity index (χ1) is 32.4. The van der Waals surface area contributed by atoms with Crippen LogP contribution in [0.3, 0.4) is 0 Å². The molecule has 6 aliphatic rings. The van der Waals surface area contributed by atoms with E-state index in [1.807, 2.05) is 141 Å². The topological polar surface area (TPSA) is 74.0 Å². The molecule has 0 aromatic carbocycles. The van der Waals surface area contributed by atoms with Gasteiger partial charge in [-0.3, -0.25) is 0 Å². The third-order valence-corrected chi connectivity index (χ3v) is 35.6. The summed E-state index contributed by atoms with van der Waals surface area (Å²) in [4.78, 5) is 0. The van der Waals surface area contributed by atoms with Crippen molar-refractivity contribution < 1.29 is 18.1 Å². The lowest BCUT2D eigenvalue weighted by atomic mass is 10.3. The molecule has 3 atom stereocenters. The van der Waals surface area contributed by atoms with E-state index in [0.29, 0.717) is 18.4 Å². The van der Waals surface area contributed by atoms with Gasteiger partial charge >= 0.3 is 7.66 Å². The maximum atomic E-state index is 7.88. The van der Waals surface area contributed by atoms with Gasteiger partial charge in [0.2, 0.25) is 14.9 Å². The number of nitrogens with zero attached hydrogens (tertiary/aromatic N) is 3. The van der Waals surface area contributed by atoms with E-state index in [1.54, 1.807) is 0 Å². The number of rotatable bonds is 19. The van der Waals surface area contributed by atoms with Gasteiger partial charge in [-0.2, -0.15) is 155 Å². The van der Waals surface area contributed by atoms with Crippen molar-refractivity contribution in [3.05, 3.63) is 72.9 Å². The first-order valence-electron chi connectivity index (χ1n) is 23.0. The molecule has 6 heterocycles. The molecule has 0 aromatic rings. The van der Waals surface area contributed by atoms with E-state index in [4.69, 9.17) is 31.6 Å². The zero-order chi connectivity index (χ0) is 47.4. The van der Waals surface area contributed by atoms with E-state index in [-0.39, 0.29) is 18.3 Å². The minimum Gasteiger partial charge on any atom is -0.322 e. The van der Waals surface area contributed by atoms with Crippen molar-refractivity contribution in [2.24, 2.45) is 25.4 Å². The Balaban J connectivity index is 1.53. The Bertz CT molecular complexity index is 1670. The average molecular weight is 1200 g/mol. The Morgan fingerprint density at radius 3 is 1.22 bits per heavy atom. The molecular weight excluding hydrogens is 1120 g/mol. The summed E-state index contributed by atoms with van der Waals surface area (Å²) in [6, 6.07) is 0. The van der Waals surface area contributed by atoms with Gasteiger partial charge in [-0.05, 0) is 40.6 Å². The van der Waals surface area contributed by atoms with Crippen LogP contribution in [0.2, 0.25) is 0 Å². The van der Waals surface area contributed by atoms with Gasteiger partial charge in [-0.25, -0.2) is 0 Å². The van der Waals surface area contributed by atoms with Crippen LogP contribution in [-0.4, -0.2) is 175 Å². The summed E-state index contributed by atoms with van der Waals surface area (Å²) in [5.74, 6) is 23.3. The third kappa shape index (κ3) is 22.0. The molecule has 0 spiro atoms. The van der Waals surface area contributed by atoms with Gasteiger partial charge in [-0.1, -0.05) is 79.8 Å². The monoisotopic (exact) mass is 1200 g/mol. The van der Waals surface area contributed by atoms with E-state index in [1.165, 1.54) is 33.4 Å². The summed E-state index contributed by atoms with van der Waals surface area (Å²) in [6.07, 6.45) is 1.35. The normalized spacial score (nSPS) is 29.6. The molecule has 22 heteroatoms. The minimum atomic E-state index is -3.41. The van der Waals surface area contributed by atoms with E-state index < -0.39 is 22.5 Å². The van der Waals surface area contributed by atoms with Crippen molar-refractivity contribution in [1.82, 2.24) is 0 Å². The highest BCUT2D eigenvalue weighted by atomic mass is 32.2. The van der Waals surface area contributed by atoms with Crippen LogP contribution in [0.4, 0.5) is 0 Å². The number of hydrogen-bond donors (Lipinski definition) is 0. The fraction of sp³-hybridized carbons (Fsp3) is 0.733. The van der Waals surface area contributed by atoms with Gasteiger partial charge in [0.05, 0.1) is 24.9 Å². The largest absolute Gasteiger partial charge is 0.345 e. The second kappa shape index (κ2) is 32.0. The van der Waals surface area contributed by atoms with Crippen LogP contribution in [0.5, 0.6) is 0 Å². The summed E-state index contributed by atoms with van der Waals surface area (Å²) in [7, 11) is -9.55. The Hall–Kier alpha value is 3.17. The second-order valence-electron chi connectivity index (χ2n) is 17.5. The molecular formula is C45H74N3O4P3S12. The molecule has 67 heavy (non-hydrogen) atoms. The van der Waals surface area contributed by atoms with Crippen LogP contribution < -0.4 is 0 Å². The quantitative estimate of drug-likeness (QED) is 0.0699. The Kier molecular flexibility index (Phi) is 28.4. The average Bonchev–Trinajstić information content (AvgIpc) is 3.24. The minimum absolute atomic E-state index is 0.0300. The van der Waals surface area contributed by atoms with Gasteiger partial charge in [-0.15, -0.1) is 0 Å². The van der Waals surface area contributed by atoms with Crippen LogP contribution in [0.15, 0.2) is 86.5 Å². The van der Waals surface area contributed by atoms with Crippen molar-refractivity contribution in [1.29, 1.82) is 0 Å². The lowest BCUT2D eigenvalue weighted by Gasteiger charge is -2.40. The van der Waals surface area contributed by atoms with Crippen LogP contribution in [-0.2, 0) is 18.1 Å². The molecule has 0 aliphatic carbocycles. The van der Waals surface area contributed by atoms with Crippen LogP contribution in [0, 0.1) is 11.8 Å². The summed E-state index contributed by atoms with van der Waals surface area (Å²) in [5.41, 5.74) is 7.76. The van der Waals surface area contributed by atoms with Crippen molar-refractivity contribution >= 4 is 164 Å². The summed E-state index contributed by atoms with van der Waals surface area (Å²) >= 11 is 23.4. The Morgan fingerprint density at radius 1 is 0.493 bits per heavy atom. The first-order valence-corrected chi connectivity index (χ1v) is 41.9. The number of hydrogen-bond acceptors (Lipinski definition) is 19. The van der Waals surface area contributed by atoms with Crippen molar-refractivity contribution in [3.8, 4) is 0 Å². The lowest BCUT2D eigenvalue weighted by molar-refractivity contribution is 0.208. The predicted octanol–water partition coefficient (Wildman–Crippen LogP) is 15.6. The highest BCUT2D eigenvalue weighted by Gasteiger charge is 2.46. The smallest absolute Gasteiger partial charge is 0.322 e. The molecule has 7 nitrogen and oxygen atoms in total. The lowest BCUT2D eigenvalue weighted by Crippen LogP contribution is -2.26. The molecule has 3 unspecified atom stereocenters. The zero-order valence-electron chi connectivity index (χ0n) is 39.4. The molecule has 6 rings (SSSR count). The van der Waals surface area contributed by atoms with E-state index in [9.17, 15) is 0 Å². The molecule has 5 saturated heterocycles. The summed E-state index contributed by atoms with van der Waals surface area (Å²) in [6.45, 7) is 29.0. The standard InChI is InChI=1S/C45H74N3O4P3S12/c1-8-56-13-35(2)14-57-10-9-49-55(52-45-33-66-23-40(7)24-67-34-45)47-53(11-41-25-58-15-36(3)16-59-26-41,50-43-29-62-19-38(5)20-63-30-43)46-54(48-55,12-42-27-60-17-37(4)18-61-28-42)51-44-31-64-21-39(6)22-65-32-44/h41-45H,2-34H2,1H3. The van der Waals surface area contributed by atoms with E-state index in [0.717, 1.165) is 150 Å². The van der Waals surface area contributed by atoms with Gasteiger partial charge in [0.15, 0.2) is 0 Å². The second-order valence-corrected chi connectivity index (χ2v) is 37.6. The Labute approximate surface area is 457 Å². The van der Waals surface area contributed by atoms with Crippen molar-refractivity contribution in [3.63, 3.8) is 0 Å². The van der Waals surface area contributed by atoms with Gasteiger partial charge in [0, 0.05) is 122 Å². The molecule has 0 aromatic heterocycles. The van der Waals surface area contributed by atoms with Crippen LogP contribution in [0.1, 0.15) is 6.92 Å². The molecule has 6 aliphatic heterocycles. The molecule has 0 N–H and O–H groups in total. The summed E-state index contributed by atoms with van der Waals surface area (Å²) in [5, 5.41) is 0. The molecule has 5 fully saturated rings. The summed E-state index contributed by atoms with van der Waals surface area (Å²) < 4.78 is 49.3. The molecule has 0 radical (unpaired) electrons. The predicted molar refractivity (Wildman–Crippen MR) is 334 cm³/mol. The van der Waals surface area contributed by atoms with Crippen molar-refractivity contribution in [2.45, 2.75) is 25.2 Å². The van der Waals surface area contributed by atoms with Gasteiger partial charge in [0.25, 0.3) is 0 Å². The third-order valence-electron chi connectivity index (χ3n) is 10.3. The van der Waals surface area contributed by atoms with Crippen LogP contribution in [0.25, 0.3) is 0 Å². The molecule has 0 amide bonds. The van der Waals surface area contributed by atoms with Gasteiger partial charge in [0.1, 0.15) is 0 Å². The molecule has 0 saturated carbocycles. The highest BCUT2D eigenvalue weighted by molar-refractivity contribution is 8.03. The van der Waals surface area contributed by atoms with E-state index in [2.05, 4.69) is 46.4 Å². The van der Waals surface area contributed by atoms with Crippen LogP contribution >= 0.6 is 164 Å². The number of thioether (sulfide) groups is 12. The maximum absolute atomic E-state index is 7.88. The van der Waals surface area contributed by atoms with E-state index >= 15 is 0 Å². The Morgan fingerprint density at radius 2 is 0.836 bits per heavy atom. The fourth-order valence-corrected chi connectivity index (χ4v) is 34.6. The maximum Gasteiger partial charge on any atom is 0.345 e. The highest BCUT2D eigenvalue weighted by Crippen LogP contribution is 2.81. The zero-order valence-corrected chi connectivity index (χ0v) is 51.9. The van der Waals surface area contributed by atoms with Gasteiger partial charge < -0.3 is 18.1 Å². The van der Waals surface area contributed by atoms with Crippen molar-refractivity contribution in [2.75, 3.05) is 157 Å². The molecule has 380 valence electrons.